The summed E-state index contributed by atoms with van der Waals surface area (Å²) in [6.07, 6.45) is 3.93. The third kappa shape index (κ3) is 5.45. The van der Waals surface area contributed by atoms with Crippen molar-refractivity contribution in [2.45, 2.75) is 33.2 Å². The predicted molar refractivity (Wildman–Crippen MR) is 145 cm³/mol. The van der Waals surface area contributed by atoms with E-state index in [0.29, 0.717) is 17.5 Å². The molecule has 0 saturated carbocycles. The molecular formula is C28H36N6O2. The second-order valence-corrected chi connectivity index (χ2v) is 9.20. The van der Waals surface area contributed by atoms with Crippen LogP contribution in [0.2, 0.25) is 0 Å². The van der Waals surface area contributed by atoms with E-state index in [9.17, 15) is 0 Å². The van der Waals surface area contributed by atoms with E-state index in [2.05, 4.69) is 15.6 Å². The topological polar surface area (TPSA) is 104 Å². The molecule has 5 rings (SSSR count). The minimum atomic E-state index is 0.545. The number of fused-ring (bicyclic) bond motifs is 3. The van der Waals surface area contributed by atoms with Crippen molar-refractivity contribution in [3.63, 3.8) is 0 Å². The summed E-state index contributed by atoms with van der Waals surface area (Å²) in [6.45, 7) is 6.36. The van der Waals surface area contributed by atoms with Gasteiger partial charge in [0.25, 0.3) is 0 Å². The van der Waals surface area contributed by atoms with Gasteiger partial charge in [-0.3, -0.25) is 4.98 Å². The van der Waals surface area contributed by atoms with E-state index in [0.717, 1.165) is 71.5 Å². The molecule has 0 radical (unpaired) electrons. The van der Waals surface area contributed by atoms with Gasteiger partial charge in [-0.25, -0.2) is 10.8 Å². The number of hydrogen-bond donors (Lipinski definition) is 2. The van der Waals surface area contributed by atoms with Crippen LogP contribution in [0.5, 0.6) is 5.88 Å². The van der Waals surface area contributed by atoms with Crippen LogP contribution in [0.1, 0.15) is 31.0 Å². The molecule has 1 saturated heterocycles. The van der Waals surface area contributed by atoms with E-state index in [1.807, 2.05) is 62.5 Å². The molecule has 0 amide bonds. The number of hydrogen-bond acceptors (Lipinski definition) is 7. The first kappa shape index (κ1) is 25.5. The minimum absolute atomic E-state index is 0.545. The summed E-state index contributed by atoms with van der Waals surface area (Å²) >= 11 is 0. The molecule has 36 heavy (non-hydrogen) atoms. The Bertz CT molecular complexity index is 1310. The fourth-order valence-electron chi connectivity index (χ4n) is 4.83. The monoisotopic (exact) mass is 488 g/mol. The first-order valence-corrected chi connectivity index (χ1v) is 12.3. The Morgan fingerprint density at radius 1 is 1.11 bits per heavy atom. The maximum absolute atomic E-state index is 6.12. The maximum Gasteiger partial charge on any atom is 0.215 e. The summed E-state index contributed by atoms with van der Waals surface area (Å²) in [5.74, 6) is 7.21. The third-order valence-electron chi connectivity index (χ3n) is 6.50. The van der Waals surface area contributed by atoms with Crippen molar-refractivity contribution in [1.82, 2.24) is 19.5 Å². The Morgan fingerprint density at radius 3 is 2.31 bits per heavy atom. The molecule has 0 aliphatic carbocycles. The number of benzene rings is 1. The van der Waals surface area contributed by atoms with Crippen LogP contribution in [0.4, 0.5) is 0 Å². The number of nitrogens with zero attached hydrogens (tertiary/aromatic N) is 4. The van der Waals surface area contributed by atoms with Crippen molar-refractivity contribution >= 4 is 27.6 Å². The maximum atomic E-state index is 6.12. The van der Waals surface area contributed by atoms with Gasteiger partial charge in [0.15, 0.2) is 0 Å². The molecule has 4 N–H and O–H groups in total. The highest BCUT2D eigenvalue weighted by Gasteiger charge is 2.22. The summed E-state index contributed by atoms with van der Waals surface area (Å²) in [7, 11) is 3.43. The Kier molecular flexibility index (Phi) is 8.07. The molecule has 1 fully saturated rings. The van der Waals surface area contributed by atoms with Crippen LogP contribution in [-0.2, 0) is 11.3 Å². The first-order chi connectivity index (χ1) is 17.4. The molecule has 3 aromatic heterocycles. The van der Waals surface area contributed by atoms with Crippen LogP contribution in [0, 0.1) is 12.8 Å². The fourth-order valence-corrected chi connectivity index (χ4v) is 4.83. The SMILES string of the molecule is COc1cc2c(c(C)n1)c1ncc(/C(=C(\C)N)N(C)N)cc1n2CC1CCOCC1.c1ccccc1. The van der Waals surface area contributed by atoms with Gasteiger partial charge in [-0.1, -0.05) is 36.4 Å². The Balaban J connectivity index is 0.000000445. The van der Waals surface area contributed by atoms with Gasteiger partial charge in [-0.15, -0.1) is 0 Å². The minimum Gasteiger partial charge on any atom is -0.481 e. The number of allylic oxidation sites excluding steroid dienone is 1. The molecule has 1 aliphatic rings. The number of methoxy groups -OCH3 is 1. The fraction of sp³-hybridized carbons (Fsp3) is 0.357. The molecule has 4 heterocycles. The van der Waals surface area contributed by atoms with Gasteiger partial charge in [0.2, 0.25) is 5.88 Å². The normalized spacial score (nSPS) is 14.8. The second kappa shape index (κ2) is 11.4. The van der Waals surface area contributed by atoms with Crippen LogP contribution < -0.4 is 16.3 Å². The van der Waals surface area contributed by atoms with Gasteiger partial charge in [-0.05, 0) is 38.7 Å². The number of ether oxygens (including phenoxy) is 2. The zero-order chi connectivity index (χ0) is 25.7. The number of aryl methyl sites for hydroxylation is 1. The van der Waals surface area contributed by atoms with E-state index >= 15 is 0 Å². The summed E-state index contributed by atoms with van der Waals surface area (Å²) in [5, 5.41) is 2.60. The van der Waals surface area contributed by atoms with E-state index < -0.39 is 0 Å². The van der Waals surface area contributed by atoms with E-state index in [1.165, 1.54) is 0 Å². The quantitative estimate of drug-likeness (QED) is 0.315. The summed E-state index contributed by atoms with van der Waals surface area (Å²) in [4.78, 5) is 9.42. The van der Waals surface area contributed by atoms with Crippen LogP contribution in [0.25, 0.3) is 27.6 Å². The van der Waals surface area contributed by atoms with E-state index in [-0.39, 0.29) is 0 Å². The lowest BCUT2D eigenvalue weighted by Crippen LogP contribution is -2.26. The van der Waals surface area contributed by atoms with Crippen molar-refractivity contribution in [3.05, 3.63) is 71.7 Å². The molecule has 8 heteroatoms. The van der Waals surface area contributed by atoms with Gasteiger partial charge in [0.05, 0.1) is 35.1 Å². The largest absolute Gasteiger partial charge is 0.481 e. The van der Waals surface area contributed by atoms with Gasteiger partial charge in [0, 0.05) is 55.7 Å². The Morgan fingerprint density at radius 2 is 1.75 bits per heavy atom. The predicted octanol–water partition coefficient (Wildman–Crippen LogP) is 4.47. The van der Waals surface area contributed by atoms with Crippen LogP contribution in [-0.4, -0.2) is 46.9 Å². The number of hydrazine groups is 1. The van der Waals surface area contributed by atoms with Crippen LogP contribution in [0.3, 0.4) is 0 Å². The van der Waals surface area contributed by atoms with Crippen molar-refractivity contribution < 1.29 is 9.47 Å². The van der Waals surface area contributed by atoms with Crippen LogP contribution >= 0.6 is 0 Å². The molecule has 0 unspecified atom stereocenters. The Labute approximate surface area is 212 Å². The number of rotatable bonds is 5. The average Bonchev–Trinajstić information content (AvgIpc) is 3.19. The zero-order valence-electron chi connectivity index (χ0n) is 21.6. The molecular weight excluding hydrogens is 452 g/mol. The van der Waals surface area contributed by atoms with Gasteiger partial charge in [-0.2, -0.15) is 0 Å². The van der Waals surface area contributed by atoms with Crippen molar-refractivity contribution in [3.8, 4) is 5.88 Å². The number of nitrogens with two attached hydrogens (primary N) is 2. The average molecular weight is 489 g/mol. The smallest absolute Gasteiger partial charge is 0.215 e. The van der Waals surface area contributed by atoms with Crippen molar-refractivity contribution in [2.75, 3.05) is 27.4 Å². The Hall–Kier alpha value is -3.62. The number of aromatic nitrogens is 3. The first-order valence-electron chi connectivity index (χ1n) is 12.3. The molecule has 1 aliphatic heterocycles. The van der Waals surface area contributed by atoms with E-state index in [4.69, 9.17) is 26.0 Å². The second-order valence-electron chi connectivity index (χ2n) is 9.20. The molecule has 0 atom stereocenters. The van der Waals surface area contributed by atoms with E-state index in [1.54, 1.807) is 19.2 Å². The summed E-state index contributed by atoms with van der Waals surface area (Å²) in [6, 6.07) is 16.1. The van der Waals surface area contributed by atoms with Gasteiger partial charge in [0.1, 0.15) is 0 Å². The zero-order valence-corrected chi connectivity index (χ0v) is 21.6. The van der Waals surface area contributed by atoms with Crippen LogP contribution in [0.15, 0.2) is 60.4 Å². The molecule has 190 valence electrons. The van der Waals surface area contributed by atoms with Crippen molar-refractivity contribution in [1.29, 1.82) is 0 Å². The number of pyridine rings is 2. The lowest BCUT2D eigenvalue weighted by molar-refractivity contribution is 0.0619. The molecule has 4 aromatic rings. The summed E-state index contributed by atoms with van der Waals surface area (Å²) < 4.78 is 13.4. The third-order valence-corrected chi connectivity index (χ3v) is 6.50. The highest BCUT2D eigenvalue weighted by atomic mass is 16.5. The summed E-state index contributed by atoms with van der Waals surface area (Å²) in [5.41, 5.74) is 12.4. The standard InChI is InChI=1S/C22H30N6O2.C6H6/c1-13(23)22(27(3)24)16-9-18-21(25-11-16)20-14(2)26-19(29-4)10-17(20)28(18)12-15-5-7-30-8-6-15;1-2-4-6-5-3-1/h9-11,15H,5-8,12,23-24H2,1-4H3;1-6H/b22-13-;. The molecule has 0 spiro atoms. The van der Waals surface area contributed by atoms with Gasteiger partial charge < -0.3 is 24.8 Å². The van der Waals surface area contributed by atoms with Crippen molar-refractivity contribution in [2.24, 2.45) is 17.5 Å². The highest BCUT2D eigenvalue weighted by Crippen LogP contribution is 2.34. The molecule has 8 nitrogen and oxygen atoms in total. The molecule has 0 bridgehead atoms. The highest BCUT2D eigenvalue weighted by molar-refractivity contribution is 6.07. The molecule has 1 aromatic carbocycles. The van der Waals surface area contributed by atoms with Gasteiger partial charge >= 0.3 is 0 Å². The lowest BCUT2D eigenvalue weighted by atomic mass is 10.0. The lowest BCUT2D eigenvalue weighted by Gasteiger charge is -2.23.